The number of alkyl halides is 3. The Morgan fingerprint density at radius 1 is 1.15 bits per heavy atom. The van der Waals surface area contributed by atoms with Crippen molar-refractivity contribution in [3.05, 3.63) is 41.2 Å². The molecule has 0 spiro atoms. The first kappa shape index (κ1) is 19.4. The molecule has 1 aromatic rings. The van der Waals surface area contributed by atoms with Crippen LogP contribution in [0, 0.1) is 17.7 Å². The van der Waals surface area contributed by atoms with E-state index in [1.165, 1.54) is 6.07 Å². The van der Waals surface area contributed by atoms with Crippen LogP contribution in [0.15, 0.2) is 24.3 Å². The number of ether oxygens (including phenoxy) is 2. The van der Waals surface area contributed by atoms with Crippen molar-refractivity contribution in [1.82, 2.24) is 0 Å². The lowest BCUT2D eigenvalue weighted by molar-refractivity contribution is -0.225. The zero-order valence-electron chi connectivity index (χ0n) is 14.8. The second-order valence-electron chi connectivity index (χ2n) is 7.15. The van der Waals surface area contributed by atoms with Gasteiger partial charge in [-0.2, -0.15) is 13.2 Å². The molecule has 0 bridgehead atoms. The van der Waals surface area contributed by atoms with Crippen molar-refractivity contribution in [2.24, 2.45) is 11.8 Å². The van der Waals surface area contributed by atoms with E-state index in [2.05, 4.69) is 6.92 Å². The molecule has 0 saturated carbocycles. The third-order valence-electron chi connectivity index (χ3n) is 5.17. The van der Waals surface area contributed by atoms with Crippen LogP contribution >= 0.6 is 0 Å². The van der Waals surface area contributed by atoms with E-state index in [1.54, 1.807) is 0 Å². The van der Waals surface area contributed by atoms with Crippen LogP contribution in [0.1, 0.15) is 50.2 Å². The van der Waals surface area contributed by atoms with E-state index < -0.39 is 17.6 Å². The third-order valence-corrected chi connectivity index (χ3v) is 5.17. The molecule has 0 aromatic heterocycles. The minimum Gasteiger partial charge on any atom is -0.352 e. The summed E-state index contributed by atoms with van der Waals surface area (Å²) >= 11 is 0. The Morgan fingerprint density at radius 3 is 2.42 bits per heavy atom. The summed E-state index contributed by atoms with van der Waals surface area (Å²) in [5.41, 5.74) is 0.178. The Morgan fingerprint density at radius 2 is 1.88 bits per heavy atom. The quantitative estimate of drug-likeness (QED) is 0.620. The summed E-state index contributed by atoms with van der Waals surface area (Å²) in [7, 11) is 0. The van der Waals surface area contributed by atoms with Gasteiger partial charge in [-0.15, -0.1) is 0 Å². The molecular weight excluding hydrogens is 348 g/mol. The average Bonchev–Trinajstić information content (AvgIpc) is 2.62. The van der Waals surface area contributed by atoms with E-state index in [1.807, 2.05) is 6.08 Å². The number of rotatable bonds is 4. The van der Waals surface area contributed by atoms with Gasteiger partial charge in [-0.3, -0.25) is 0 Å². The highest BCUT2D eigenvalue weighted by atomic mass is 19.4. The van der Waals surface area contributed by atoms with Crippen molar-refractivity contribution >= 4 is 5.57 Å². The minimum atomic E-state index is -4.67. The van der Waals surface area contributed by atoms with Gasteiger partial charge >= 0.3 is 6.18 Å². The van der Waals surface area contributed by atoms with Crippen LogP contribution < -0.4 is 0 Å². The van der Waals surface area contributed by atoms with Crippen LogP contribution in [-0.4, -0.2) is 19.5 Å². The van der Waals surface area contributed by atoms with E-state index in [-0.39, 0.29) is 12.2 Å². The summed E-state index contributed by atoms with van der Waals surface area (Å²) in [6.45, 7) is 3.58. The lowest BCUT2D eigenvalue weighted by Gasteiger charge is -2.35. The predicted molar refractivity (Wildman–Crippen MR) is 90.8 cm³/mol. The molecule has 1 fully saturated rings. The van der Waals surface area contributed by atoms with Gasteiger partial charge in [0.05, 0.1) is 18.8 Å². The van der Waals surface area contributed by atoms with Crippen LogP contribution in [0.2, 0.25) is 0 Å². The van der Waals surface area contributed by atoms with Crippen LogP contribution in [0.5, 0.6) is 0 Å². The highest BCUT2D eigenvalue weighted by molar-refractivity contribution is 5.66. The van der Waals surface area contributed by atoms with Crippen molar-refractivity contribution < 1.29 is 27.0 Å². The zero-order valence-corrected chi connectivity index (χ0v) is 14.8. The van der Waals surface area contributed by atoms with Gasteiger partial charge in [0, 0.05) is 11.8 Å². The summed E-state index contributed by atoms with van der Waals surface area (Å²) in [6, 6.07) is 3.15. The Balaban J connectivity index is 1.61. The van der Waals surface area contributed by atoms with Gasteiger partial charge in [0.25, 0.3) is 0 Å². The molecule has 6 heteroatoms. The van der Waals surface area contributed by atoms with Crippen LogP contribution in [0.4, 0.5) is 17.6 Å². The van der Waals surface area contributed by atoms with Crippen molar-refractivity contribution in [2.75, 3.05) is 13.2 Å². The summed E-state index contributed by atoms with van der Waals surface area (Å²) in [5, 5.41) is 0. The normalized spacial score (nSPS) is 27.3. The molecule has 1 aromatic carbocycles. The number of halogens is 4. The molecule has 2 nitrogen and oxygen atoms in total. The maximum absolute atomic E-state index is 13.8. The standard InChI is InChI=1S/C20H24F4O2/c1-2-3-13-11-25-19(26-12-13)15-6-4-14(5-7-15)16-8-9-17(18(21)10-16)20(22,23)24/h4,8-10,13,15,19H,2-3,5-7,11-12H2,1H3. The minimum absolute atomic E-state index is 0.217. The smallest absolute Gasteiger partial charge is 0.352 e. The molecule has 1 unspecified atom stereocenters. The van der Waals surface area contributed by atoms with E-state index >= 15 is 0 Å². The van der Waals surface area contributed by atoms with Gasteiger partial charge in [-0.1, -0.05) is 25.5 Å². The molecule has 2 aliphatic rings. The zero-order chi connectivity index (χ0) is 18.7. The summed E-state index contributed by atoms with van der Waals surface area (Å²) in [4.78, 5) is 0. The Kier molecular flexibility index (Phi) is 6.03. The maximum atomic E-state index is 13.8. The molecule has 144 valence electrons. The fraction of sp³-hybridized carbons (Fsp3) is 0.600. The van der Waals surface area contributed by atoms with Gasteiger partial charge in [0.1, 0.15) is 5.82 Å². The predicted octanol–water partition coefficient (Wildman–Crippen LogP) is 5.82. The van der Waals surface area contributed by atoms with Gasteiger partial charge in [0.2, 0.25) is 0 Å². The highest BCUT2D eigenvalue weighted by Gasteiger charge is 2.34. The first-order valence-electron chi connectivity index (χ1n) is 9.17. The number of allylic oxidation sites excluding steroid dienone is 2. The second-order valence-corrected chi connectivity index (χ2v) is 7.15. The monoisotopic (exact) mass is 372 g/mol. The van der Waals surface area contributed by atoms with Crippen molar-refractivity contribution in [1.29, 1.82) is 0 Å². The molecule has 1 atom stereocenters. The molecule has 1 heterocycles. The van der Waals surface area contributed by atoms with Crippen molar-refractivity contribution in [3.63, 3.8) is 0 Å². The molecule has 0 radical (unpaired) electrons. The van der Waals surface area contributed by atoms with Gasteiger partial charge in [-0.25, -0.2) is 4.39 Å². The number of hydrogen-bond donors (Lipinski definition) is 0. The average molecular weight is 372 g/mol. The summed E-state index contributed by atoms with van der Waals surface area (Å²) in [5.74, 6) is -0.527. The van der Waals surface area contributed by atoms with Crippen LogP contribution in [0.25, 0.3) is 5.57 Å². The molecule has 3 rings (SSSR count). The van der Waals surface area contributed by atoms with Crippen molar-refractivity contribution in [3.8, 4) is 0 Å². The fourth-order valence-corrected chi connectivity index (χ4v) is 3.71. The Labute approximate surface area is 151 Å². The molecule has 0 amide bonds. The Hall–Kier alpha value is -1.40. The summed E-state index contributed by atoms with van der Waals surface area (Å²) in [6.07, 6.45) is 1.52. The van der Waals surface area contributed by atoms with E-state index in [4.69, 9.17) is 9.47 Å². The van der Waals surface area contributed by atoms with Crippen LogP contribution in [0.3, 0.4) is 0 Å². The lowest BCUT2D eigenvalue weighted by Crippen LogP contribution is -2.37. The van der Waals surface area contributed by atoms with Gasteiger partial charge in [0.15, 0.2) is 6.29 Å². The van der Waals surface area contributed by atoms with Crippen LogP contribution in [-0.2, 0) is 15.7 Å². The SMILES string of the molecule is CCCC1COC(C2CC=C(c3ccc(C(F)(F)F)c(F)c3)CC2)OC1. The first-order chi connectivity index (χ1) is 12.4. The van der Waals surface area contributed by atoms with Gasteiger partial charge in [-0.05, 0) is 49.0 Å². The molecule has 26 heavy (non-hydrogen) atoms. The topological polar surface area (TPSA) is 18.5 Å². The summed E-state index contributed by atoms with van der Waals surface area (Å²) < 4.78 is 63.5. The lowest BCUT2D eigenvalue weighted by atomic mass is 9.85. The molecule has 1 aliphatic heterocycles. The molecular formula is C20H24F4O2. The number of hydrogen-bond acceptors (Lipinski definition) is 2. The molecule has 1 saturated heterocycles. The maximum Gasteiger partial charge on any atom is 0.419 e. The molecule has 1 aliphatic carbocycles. The Bertz CT molecular complexity index is 646. The number of benzene rings is 1. The largest absolute Gasteiger partial charge is 0.419 e. The van der Waals surface area contributed by atoms with E-state index in [0.717, 1.165) is 56.6 Å². The second kappa shape index (κ2) is 8.09. The van der Waals surface area contributed by atoms with E-state index in [9.17, 15) is 17.6 Å². The van der Waals surface area contributed by atoms with Crippen molar-refractivity contribution in [2.45, 2.75) is 51.5 Å². The highest BCUT2D eigenvalue weighted by Crippen LogP contribution is 2.37. The van der Waals surface area contributed by atoms with Gasteiger partial charge < -0.3 is 9.47 Å². The third kappa shape index (κ3) is 4.46. The molecule has 0 N–H and O–H groups in total. The van der Waals surface area contributed by atoms with E-state index in [0.29, 0.717) is 17.9 Å². The first-order valence-corrected chi connectivity index (χ1v) is 9.17. The fourth-order valence-electron chi connectivity index (χ4n) is 3.71.